The van der Waals surface area contributed by atoms with Crippen molar-refractivity contribution in [2.45, 2.75) is 38.1 Å². The highest BCUT2D eigenvalue weighted by Crippen LogP contribution is 2.24. The highest BCUT2D eigenvalue weighted by Gasteiger charge is 2.20. The Morgan fingerprint density at radius 1 is 1.17 bits per heavy atom. The van der Waals surface area contributed by atoms with Crippen LogP contribution < -0.4 is 5.32 Å². The van der Waals surface area contributed by atoms with E-state index in [1.54, 1.807) is 0 Å². The van der Waals surface area contributed by atoms with Gasteiger partial charge in [0, 0.05) is 23.2 Å². The molecule has 0 atom stereocenters. The molecule has 0 aliphatic heterocycles. The lowest BCUT2D eigenvalue weighted by Gasteiger charge is -2.22. The lowest BCUT2D eigenvalue weighted by atomic mass is 9.95. The Morgan fingerprint density at radius 2 is 1.96 bits per heavy atom. The minimum absolute atomic E-state index is 0.0140. The molecule has 4 nitrogen and oxygen atoms in total. The average molecular weight is 325 g/mol. The van der Waals surface area contributed by atoms with Crippen LogP contribution in [-0.2, 0) is 0 Å². The van der Waals surface area contributed by atoms with Gasteiger partial charge in [0.15, 0.2) is 4.96 Å². The molecule has 1 amide bonds. The second-order valence-electron chi connectivity index (χ2n) is 6.07. The van der Waals surface area contributed by atoms with Crippen LogP contribution in [0.2, 0.25) is 0 Å². The lowest BCUT2D eigenvalue weighted by molar-refractivity contribution is 0.0922. The van der Waals surface area contributed by atoms with Crippen molar-refractivity contribution in [1.29, 1.82) is 0 Å². The van der Waals surface area contributed by atoms with E-state index < -0.39 is 0 Å². The van der Waals surface area contributed by atoms with Gasteiger partial charge in [0.1, 0.15) is 5.69 Å². The van der Waals surface area contributed by atoms with Crippen molar-refractivity contribution in [2.24, 2.45) is 0 Å². The van der Waals surface area contributed by atoms with Crippen molar-refractivity contribution < 1.29 is 4.79 Å². The zero-order valence-electron chi connectivity index (χ0n) is 12.9. The molecule has 0 bridgehead atoms. The molecule has 1 N–H and O–H groups in total. The molecule has 1 aliphatic rings. The van der Waals surface area contributed by atoms with Crippen molar-refractivity contribution >= 4 is 22.2 Å². The predicted molar refractivity (Wildman–Crippen MR) is 92.8 cm³/mol. The van der Waals surface area contributed by atoms with E-state index in [4.69, 9.17) is 0 Å². The summed E-state index contributed by atoms with van der Waals surface area (Å²) in [5.74, 6) is 0.0140. The summed E-state index contributed by atoms with van der Waals surface area (Å²) >= 11 is 1.51. The number of benzene rings is 1. The van der Waals surface area contributed by atoms with Crippen molar-refractivity contribution in [3.8, 4) is 11.3 Å². The van der Waals surface area contributed by atoms with Crippen LogP contribution in [0.25, 0.3) is 16.2 Å². The fourth-order valence-electron chi connectivity index (χ4n) is 3.20. The Hall–Kier alpha value is -2.14. The number of hydrogen-bond acceptors (Lipinski definition) is 3. The van der Waals surface area contributed by atoms with Gasteiger partial charge in [-0.1, -0.05) is 49.6 Å². The molecule has 1 aliphatic carbocycles. The molecule has 2 heterocycles. The molecule has 2 aromatic heterocycles. The smallest absolute Gasteiger partial charge is 0.269 e. The zero-order chi connectivity index (χ0) is 15.6. The number of thiazole rings is 1. The second kappa shape index (κ2) is 6.16. The number of aromatic nitrogens is 2. The molecule has 5 heteroatoms. The van der Waals surface area contributed by atoms with Crippen LogP contribution in [0.3, 0.4) is 0 Å². The number of imidazole rings is 1. The summed E-state index contributed by atoms with van der Waals surface area (Å²) in [6.07, 6.45) is 7.87. The Kier molecular flexibility index (Phi) is 3.87. The van der Waals surface area contributed by atoms with Gasteiger partial charge in [-0.05, 0) is 12.8 Å². The number of carbonyl (C=O) groups excluding carboxylic acids is 1. The van der Waals surface area contributed by atoms with E-state index in [1.807, 2.05) is 46.3 Å². The maximum absolute atomic E-state index is 12.6. The van der Waals surface area contributed by atoms with Gasteiger partial charge in [-0.2, -0.15) is 0 Å². The van der Waals surface area contributed by atoms with E-state index in [-0.39, 0.29) is 5.91 Å². The van der Waals surface area contributed by atoms with Crippen LogP contribution >= 0.6 is 11.3 Å². The minimum atomic E-state index is 0.0140. The van der Waals surface area contributed by atoms with E-state index in [2.05, 4.69) is 10.3 Å². The number of nitrogens with zero attached hydrogens (tertiary/aromatic N) is 2. The first-order chi connectivity index (χ1) is 11.3. The molecule has 0 unspecified atom stereocenters. The van der Waals surface area contributed by atoms with Crippen LogP contribution in [0.4, 0.5) is 0 Å². The van der Waals surface area contributed by atoms with Gasteiger partial charge in [0.2, 0.25) is 0 Å². The van der Waals surface area contributed by atoms with Gasteiger partial charge in [0.25, 0.3) is 5.91 Å². The molecular formula is C18H19N3OS. The topological polar surface area (TPSA) is 46.4 Å². The highest BCUT2D eigenvalue weighted by atomic mass is 32.1. The lowest BCUT2D eigenvalue weighted by Crippen LogP contribution is -2.36. The van der Waals surface area contributed by atoms with Crippen LogP contribution in [0.1, 0.15) is 42.6 Å². The fraction of sp³-hybridized carbons (Fsp3) is 0.333. The van der Waals surface area contributed by atoms with Crippen LogP contribution in [0, 0.1) is 0 Å². The molecule has 0 saturated heterocycles. The van der Waals surface area contributed by atoms with Crippen LogP contribution in [0.15, 0.2) is 41.9 Å². The van der Waals surface area contributed by atoms with E-state index in [0.29, 0.717) is 11.7 Å². The van der Waals surface area contributed by atoms with E-state index in [0.717, 1.165) is 29.1 Å². The Labute approximate surface area is 139 Å². The maximum Gasteiger partial charge on any atom is 0.269 e. The molecule has 4 rings (SSSR count). The second-order valence-corrected chi connectivity index (χ2v) is 6.91. The van der Waals surface area contributed by atoms with Crippen molar-refractivity contribution in [3.05, 3.63) is 47.6 Å². The van der Waals surface area contributed by atoms with Crippen LogP contribution in [-0.4, -0.2) is 21.3 Å². The number of rotatable bonds is 3. The number of carbonyl (C=O) groups is 1. The van der Waals surface area contributed by atoms with E-state index >= 15 is 0 Å². The number of nitrogens with one attached hydrogen (secondary N) is 1. The summed E-state index contributed by atoms with van der Waals surface area (Å²) in [4.78, 5) is 18.1. The SMILES string of the molecule is O=C(NC1CCCCC1)c1csc2nc(-c3ccccc3)cn12. The Bertz CT molecular complexity index is 815. The first kappa shape index (κ1) is 14.5. The first-order valence-electron chi connectivity index (χ1n) is 8.14. The van der Waals surface area contributed by atoms with Gasteiger partial charge < -0.3 is 5.32 Å². The summed E-state index contributed by atoms with van der Waals surface area (Å²) in [5.41, 5.74) is 2.66. The van der Waals surface area contributed by atoms with Crippen molar-refractivity contribution in [1.82, 2.24) is 14.7 Å². The monoisotopic (exact) mass is 325 g/mol. The minimum Gasteiger partial charge on any atom is -0.348 e. The fourth-order valence-corrected chi connectivity index (χ4v) is 4.05. The molecule has 118 valence electrons. The summed E-state index contributed by atoms with van der Waals surface area (Å²) in [7, 11) is 0. The van der Waals surface area contributed by atoms with Crippen LogP contribution in [0.5, 0.6) is 0 Å². The third-order valence-electron chi connectivity index (χ3n) is 4.45. The zero-order valence-corrected chi connectivity index (χ0v) is 13.7. The average Bonchev–Trinajstić information content (AvgIpc) is 3.17. The third-order valence-corrected chi connectivity index (χ3v) is 5.29. The third kappa shape index (κ3) is 2.88. The molecule has 1 aromatic carbocycles. The van der Waals surface area contributed by atoms with Gasteiger partial charge >= 0.3 is 0 Å². The Balaban J connectivity index is 1.60. The molecule has 0 spiro atoms. The summed E-state index contributed by atoms with van der Waals surface area (Å²) in [6.45, 7) is 0. The molecule has 0 radical (unpaired) electrons. The predicted octanol–water partition coefficient (Wildman–Crippen LogP) is 4.13. The number of amides is 1. The van der Waals surface area contributed by atoms with Gasteiger partial charge in [-0.15, -0.1) is 11.3 Å². The summed E-state index contributed by atoms with van der Waals surface area (Å²) in [5, 5.41) is 5.08. The molecular weight excluding hydrogens is 306 g/mol. The number of fused-ring (bicyclic) bond motifs is 1. The molecule has 23 heavy (non-hydrogen) atoms. The largest absolute Gasteiger partial charge is 0.348 e. The molecule has 1 fully saturated rings. The van der Waals surface area contributed by atoms with Crippen molar-refractivity contribution in [2.75, 3.05) is 0 Å². The van der Waals surface area contributed by atoms with E-state index in [9.17, 15) is 4.79 Å². The summed E-state index contributed by atoms with van der Waals surface area (Å²) < 4.78 is 1.91. The van der Waals surface area contributed by atoms with Gasteiger partial charge in [-0.3, -0.25) is 9.20 Å². The Morgan fingerprint density at radius 3 is 2.74 bits per heavy atom. The standard InChI is InChI=1S/C18H19N3OS/c22-17(19-14-9-5-2-6-10-14)16-12-23-18-20-15(11-21(16)18)13-7-3-1-4-8-13/h1,3-4,7-8,11-12,14H,2,5-6,9-10H2,(H,19,22). The maximum atomic E-state index is 12.6. The summed E-state index contributed by atoms with van der Waals surface area (Å²) in [6, 6.07) is 10.4. The van der Waals surface area contributed by atoms with Crippen molar-refractivity contribution in [3.63, 3.8) is 0 Å². The highest BCUT2D eigenvalue weighted by molar-refractivity contribution is 7.15. The number of hydrogen-bond donors (Lipinski definition) is 1. The molecule has 3 aromatic rings. The van der Waals surface area contributed by atoms with Gasteiger partial charge in [-0.25, -0.2) is 4.98 Å². The van der Waals surface area contributed by atoms with Gasteiger partial charge in [0.05, 0.1) is 5.69 Å². The first-order valence-corrected chi connectivity index (χ1v) is 9.02. The molecule has 1 saturated carbocycles. The normalized spacial score (nSPS) is 15.8. The quantitative estimate of drug-likeness (QED) is 0.787. The van der Waals surface area contributed by atoms with E-state index in [1.165, 1.54) is 30.6 Å².